The quantitative estimate of drug-likeness (QED) is 0.563. The lowest BCUT2D eigenvalue weighted by Crippen LogP contribution is -2.35. The van der Waals surface area contributed by atoms with Crippen LogP contribution in [-0.2, 0) is 4.74 Å². The van der Waals surface area contributed by atoms with Gasteiger partial charge in [0.15, 0.2) is 0 Å². The number of hydrogen-bond donors (Lipinski definition) is 1. The molecule has 0 amide bonds. The van der Waals surface area contributed by atoms with E-state index in [1.54, 1.807) is 24.3 Å². The summed E-state index contributed by atoms with van der Waals surface area (Å²) >= 11 is 0. The molecule has 132 valence electrons. The number of ether oxygens (including phenoxy) is 1. The third-order valence-electron chi connectivity index (χ3n) is 4.37. The number of para-hydroxylation sites is 1. The zero-order chi connectivity index (χ0) is 18.8. The van der Waals surface area contributed by atoms with Gasteiger partial charge in [-0.05, 0) is 29.2 Å². The summed E-state index contributed by atoms with van der Waals surface area (Å²) in [5.41, 5.74) is 1.97. The number of hydrogen-bond acceptors (Lipinski definition) is 5. The molecule has 0 atom stereocenters. The molecule has 0 saturated carbocycles. The van der Waals surface area contributed by atoms with Gasteiger partial charge in [-0.25, -0.2) is 4.79 Å². The van der Waals surface area contributed by atoms with Crippen LogP contribution in [0.1, 0.15) is 35.7 Å². The third kappa shape index (κ3) is 3.04. The molecule has 0 aliphatic carbocycles. The number of rotatable bonds is 5. The summed E-state index contributed by atoms with van der Waals surface area (Å²) in [6, 6.07) is 14.3. The average molecular weight is 349 g/mol. The summed E-state index contributed by atoms with van der Waals surface area (Å²) in [5.74, 6) is -0.143. The van der Waals surface area contributed by atoms with E-state index in [9.17, 15) is 14.4 Å². The highest BCUT2D eigenvalue weighted by Gasteiger charge is 2.24. The van der Waals surface area contributed by atoms with Gasteiger partial charge in [0.2, 0.25) is 5.43 Å². The molecule has 0 bridgehead atoms. The van der Waals surface area contributed by atoms with Crippen molar-refractivity contribution >= 4 is 17.3 Å². The predicted octanol–water partition coefficient (Wildman–Crippen LogP) is 3.60. The van der Waals surface area contributed by atoms with Gasteiger partial charge in [0, 0.05) is 0 Å². The van der Waals surface area contributed by atoms with Crippen LogP contribution in [0.15, 0.2) is 58.1 Å². The standard InChI is InChI=1S/C21H19NO4/c1-12(2)13-8-10-14(11-9-13)17-18(20(24)19(17)23)22-16-7-5-4-6-15(16)21(25)26-3/h4-12,22H,1-3H3. The van der Waals surface area contributed by atoms with Crippen LogP contribution in [0.25, 0.3) is 11.1 Å². The number of benzene rings is 2. The molecule has 0 spiro atoms. The lowest BCUT2D eigenvalue weighted by Gasteiger charge is -2.16. The molecule has 0 unspecified atom stereocenters. The van der Waals surface area contributed by atoms with Gasteiger partial charge < -0.3 is 10.1 Å². The van der Waals surface area contributed by atoms with Crippen LogP contribution in [0.2, 0.25) is 0 Å². The van der Waals surface area contributed by atoms with Gasteiger partial charge in [0.1, 0.15) is 5.69 Å². The minimum Gasteiger partial charge on any atom is -0.465 e. The first-order chi connectivity index (χ1) is 12.4. The van der Waals surface area contributed by atoms with Crippen LogP contribution >= 0.6 is 0 Å². The normalized spacial score (nSPS) is 10.9. The predicted molar refractivity (Wildman–Crippen MR) is 102 cm³/mol. The van der Waals surface area contributed by atoms with Crippen molar-refractivity contribution in [3.8, 4) is 11.1 Å². The highest BCUT2D eigenvalue weighted by molar-refractivity contribution is 5.97. The Balaban J connectivity index is 2.00. The van der Waals surface area contributed by atoms with E-state index in [1.165, 1.54) is 7.11 Å². The first-order valence-corrected chi connectivity index (χ1v) is 8.32. The number of anilines is 2. The Labute approximate surface area is 150 Å². The lowest BCUT2D eigenvalue weighted by molar-refractivity contribution is 0.0602. The summed E-state index contributed by atoms with van der Waals surface area (Å²) in [5, 5.41) is 2.94. The van der Waals surface area contributed by atoms with Crippen LogP contribution in [0, 0.1) is 0 Å². The minimum absolute atomic E-state index is 0.198. The first kappa shape index (κ1) is 17.6. The molecule has 0 heterocycles. The van der Waals surface area contributed by atoms with E-state index in [1.807, 2.05) is 24.3 Å². The van der Waals surface area contributed by atoms with E-state index in [2.05, 4.69) is 19.2 Å². The summed E-state index contributed by atoms with van der Waals surface area (Å²) in [4.78, 5) is 36.1. The van der Waals surface area contributed by atoms with Gasteiger partial charge in [0.05, 0.1) is 23.9 Å². The highest BCUT2D eigenvalue weighted by atomic mass is 16.5. The lowest BCUT2D eigenvalue weighted by atomic mass is 9.95. The smallest absolute Gasteiger partial charge is 0.339 e. The van der Waals surface area contributed by atoms with E-state index in [-0.39, 0.29) is 5.69 Å². The largest absolute Gasteiger partial charge is 0.465 e. The molecule has 3 aromatic rings. The molecule has 3 aromatic carbocycles. The summed E-state index contributed by atoms with van der Waals surface area (Å²) in [7, 11) is 1.29. The van der Waals surface area contributed by atoms with Crippen molar-refractivity contribution < 1.29 is 9.53 Å². The summed E-state index contributed by atoms with van der Waals surface area (Å²) in [6.07, 6.45) is 0. The monoisotopic (exact) mass is 349 g/mol. The van der Waals surface area contributed by atoms with Gasteiger partial charge in [-0.3, -0.25) is 9.59 Å². The Bertz CT molecular complexity index is 1030. The second-order valence-corrected chi connectivity index (χ2v) is 6.35. The molecule has 0 aliphatic heterocycles. The first-order valence-electron chi connectivity index (χ1n) is 8.32. The van der Waals surface area contributed by atoms with Gasteiger partial charge in [0.25, 0.3) is 5.43 Å². The molecule has 0 aliphatic rings. The maximum Gasteiger partial charge on any atom is 0.339 e. The number of esters is 1. The van der Waals surface area contributed by atoms with Crippen molar-refractivity contribution in [2.24, 2.45) is 0 Å². The molecule has 5 heteroatoms. The van der Waals surface area contributed by atoms with Crippen LogP contribution in [0.5, 0.6) is 0 Å². The SMILES string of the molecule is COC(=O)c1ccccc1Nc1c(-c2ccc(C(C)C)cc2)c(=O)c1=O. The Kier molecular flexibility index (Phi) is 4.71. The molecule has 3 rings (SSSR count). The molecular formula is C21H19NO4. The van der Waals surface area contributed by atoms with E-state index < -0.39 is 16.8 Å². The molecule has 1 N–H and O–H groups in total. The van der Waals surface area contributed by atoms with Gasteiger partial charge in [-0.2, -0.15) is 0 Å². The van der Waals surface area contributed by atoms with Crippen LogP contribution in [0.3, 0.4) is 0 Å². The summed E-state index contributed by atoms with van der Waals surface area (Å²) in [6.45, 7) is 4.17. The van der Waals surface area contributed by atoms with Gasteiger partial charge >= 0.3 is 5.97 Å². The second kappa shape index (κ2) is 6.96. The molecular weight excluding hydrogens is 330 g/mol. The van der Waals surface area contributed by atoms with Crippen molar-refractivity contribution in [3.63, 3.8) is 0 Å². The fourth-order valence-electron chi connectivity index (χ4n) is 2.84. The second-order valence-electron chi connectivity index (χ2n) is 6.35. The maximum absolute atomic E-state index is 12.1. The Hall–Kier alpha value is -3.21. The molecule has 5 nitrogen and oxygen atoms in total. The molecule has 26 heavy (non-hydrogen) atoms. The molecule has 0 fully saturated rings. The molecule has 0 radical (unpaired) electrons. The zero-order valence-electron chi connectivity index (χ0n) is 14.8. The van der Waals surface area contributed by atoms with Crippen molar-refractivity contribution in [1.29, 1.82) is 0 Å². The zero-order valence-corrected chi connectivity index (χ0v) is 14.8. The Morgan fingerprint density at radius 2 is 1.62 bits per heavy atom. The van der Waals surface area contributed by atoms with E-state index in [4.69, 9.17) is 4.74 Å². The average Bonchev–Trinajstić information content (AvgIpc) is 2.67. The van der Waals surface area contributed by atoms with Crippen LogP contribution in [-0.4, -0.2) is 13.1 Å². The van der Waals surface area contributed by atoms with Gasteiger partial charge in [-0.15, -0.1) is 0 Å². The minimum atomic E-state index is -0.590. The summed E-state index contributed by atoms with van der Waals surface area (Å²) < 4.78 is 4.76. The van der Waals surface area contributed by atoms with E-state index in [0.717, 1.165) is 5.56 Å². The van der Waals surface area contributed by atoms with Gasteiger partial charge in [-0.1, -0.05) is 50.2 Å². The third-order valence-corrected chi connectivity index (χ3v) is 4.37. The fourth-order valence-corrected chi connectivity index (χ4v) is 2.84. The van der Waals surface area contributed by atoms with Crippen molar-refractivity contribution in [1.82, 2.24) is 0 Å². The van der Waals surface area contributed by atoms with E-state index >= 15 is 0 Å². The number of carbonyl (C=O) groups is 1. The molecule has 0 aromatic heterocycles. The number of methoxy groups -OCH3 is 1. The Morgan fingerprint density at radius 3 is 2.23 bits per heavy atom. The van der Waals surface area contributed by atoms with Crippen molar-refractivity contribution in [2.45, 2.75) is 19.8 Å². The Morgan fingerprint density at radius 1 is 0.962 bits per heavy atom. The van der Waals surface area contributed by atoms with Crippen LogP contribution < -0.4 is 16.2 Å². The molecule has 0 saturated heterocycles. The number of carbonyl (C=O) groups excluding carboxylic acids is 1. The topological polar surface area (TPSA) is 72.5 Å². The van der Waals surface area contributed by atoms with Crippen molar-refractivity contribution in [2.75, 3.05) is 12.4 Å². The fraction of sp³-hybridized carbons (Fsp3) is 0.190. The highest BCUT2D eigenvalue weighted by Crippen LogP contribution is 2.29. The maximum atomic E-state index is 12.1. The van der Waals surface area contributed by atoms with Crippen molar-refractivity contribution in [3.05, 3.63) is 80.1 Å². The number of nitrogens with one attached hydrogen (secondary N) is 1. The van der Waals surface area contributed by atoms with E-state index in [0.29, 0.717) is 28.3 Å². The van der Waals surface area contributed by atoms with Crippen LogP contribution in [0.4, 0.5) is 11.4 Å².